The van der Waals surface area contributed by atoms with E-state index in [9.17, 15) is 4.79 Å². The van der Waals surface area contributed by atoms with Gasteiger partial charge in [0.25, 0.3) is 5.91 Å². The zero-order chi connectivity index (χ0) is 15.1. The fourth-order valence-electron chi connectivity index (χ4n) is 1.62. The summed E-state index contributed by atoms with van der Waals surface area (Å²) in [5, 5.41) is 11.5. The molecule has 0 saturated carbocycles. The van der Waals surface area contributed by atoms with Crippen LogP contribution in [0.4, 0.5) is 0 Å². The minimum Gasteiger partial charge on any atom is -0.395 e. The molecular formula is C16H16N2O2S. The van der Waals surface area contributed by atoms with Crippen molar-refractivity contribution < 1.29 is 9.90 Å². The van der Waals surface area contributed by atoms with Crippen LogP contribution in [0.5, 0.6) is 0 Å². The Morgan fingerprint density at radius 1 is 1.38 bits per heavy atom. The first-order chi connectivity index (χ1) is 10.2. The van der Waals surface area contributed by atoms with E-state index < -0.39 is 0 Å². The highest BCUT2D eigenvalue weighted by atomic mass is 32.1. The molecule has 2 N–H and O–H groups in total. The van der Waals surface area contributed by atoms with Gasteiger partial charge < -0.3 is 10.4 Å². The van der Waals surface area contributed by atoms with Crippen molar-refractivity contribution in [1.82, 2.24) is 10.3 Å². The summed E-state index contributed by atoms with van der Waals surface area (Å²) < 4.78 is 0. The minimum atomic E-state index is -0.135. The van der Waals surface area contributed by atoms with Crippen LogP contribution in [0.2, 0.25) is 0 Å². The summed E-state index contributed by atoms with van der Waals surface area (Å²) in [6.07, 6.45) is 2.05. The lowest BCUT2D eigenvalue weighted by atomic mass is 10.2. The van der Waals surface area contributed by atoms with Gasteiger partial charge in [0.1, 0.15) is 0 Å². The summed E-state index contributed by atoms with van der Waals surface area (Å²) in [7, 11) is 0. The van der Waals surface area contributed by atoms with Gasteiger partial charge in [0.2, 0.25) is 0 Å². The zero-order valence-corrected chi connectivity index (χ0v) is 12.5. The topological polar surface area (TPSA) is 62.2 Å². The molecule has 4 nitrogen and oxygen atoms in total. The van der Waals surface area contributed by atoms with E-state index >= 15 is 0 Å². The average Bonchev–Trinajstić information content (AvgIpc) is 2.94. The Morgan fingerprint density at radius 3 is 2.95 bits per heavy atom. The highest BCUT2D eigenvalue weighted by molar-refractivity contribution is 7.12. The van der Waals surface area contributed by atoms with Crippen LogP contribution in [0.1, 0.15) is 32.2 Å². The van der Waals surface area contributed by atoms with Gasteiger partial charge in [-0.25, -0.2) is 0 Å². The molecule has 2 aromatic rings. The average molecular weight is 300 g/mol. The van der Waals surface area contributed by atoms with Crippen molar-refractivity contribution in [3.63, 3.8) is 0 Å². The van der Waals surface area contributed by atoms with Crippen molar-refractivity contribution in [2.24, 2.45) is 0 Å². The van der Waals surface area contributed by atoms with Gasteiger partial charge in [-0.05, 0) is 31.2 Å². The highest BCUT2D eigenvalue weighted by Crippen LogP contribution is 2.15. The Balaban J connectivity index is 1.90. The fraction of sp³-hybridized carbons (Fsp3) is 0.250. The number of thiophene rings is 1. The predicted octanol–water partition coefficient (Wildman–Crippen LogP) is 2.12. The molecule has 0 aliphatic carbocycles. The van der Waals surface area contributed by atoms with Crippen LogP contribution < -0.4 is 5.32 Å². The Labute approximate surface area is 127 Å². The first kappa shape index (κ1) is 15.2. The van der Waals surface area contributed by atoms with E-state index in [-0.39, 0.29) is 12.5 Å². The van der Waals surface area contributed by atoms with E-state index in [1.165, 1.54) is 11.3 Å². The second kappa shape index (κ2) is 7.58. The minimum absolute atomic E-state index is 0.0753. The van der Waals surface area contributed by atoms with Gasteiger partial charge in [-0.3, -0.25) is 9.78 Å². The number of hydrogen-bond acceptors (Lipinski definition) is 4. The van der Waals surface area contributed by atoms with Crippen molar-refractivity contribution >= 4 is 17.2 Å². The second-order valence-corrected chi connectivity index (χ2v) is 5.58. The number of amides is 1. The summed E-state index contributed by atoms with van der Waals surface area (Å²) in [5.74, 6) is 5.72. The third-order valence-corrected chi connectivity index (χ3v) is 3.71. The number of pyridine rings is 1. The van der Waals surface area contributed by atoms with Crippen molar-refractivity contribution in [1.29, 1.82) is 0 Å². The van der Waals surface area contributed by atoms with Gasteiger partial charge in [-0.1, -0.05) is 11.8 Å². The van der Waals surface area contributed by atoms with Crippen molar-refractivity contribution in [3.8, 4) is 11.8 Å². The van der Waals surface area contributed by atoms with Gasteiger partial charge in [0.05, 0.1) is 23.6 Å². The molecule has 2 heterocycles. The van der Waals surface area contributed by atoms with Gasteiger partial charge in [-0.15, -0.1) is 11.3 Å². The highest BCUT2D eigenvalue weighted by Gasteiger charge is 2.06. The normalized spacial score (nSPS) is 9.81. The van der Waals surface area contributed by atoms with Crippen LogP contribution >= 0.6 is 11.3 Å². The number of carbonyl (C=O) groups is 1. The molecule has 0 aromatic carbocycles. The number of aliphatic hydroxyl groups excluding tert-OH is 1. The van der Waals surface area contributed by atoms with E-state index in [0.717, 1.165) is 15.4 Å². The molecule has 0 bridgehead atoms. The molecule has 2 rings (SSSR count). The van der Waals surface area contributed by atoms with Crippen molar-refractivity contribution in [2.75, 3.05) is 6.61 Å². The standard InChI is InChI=1S/C16H16N2O2S/c1-12-5-6-13(10-17-12)16(20)18-11-15-8-7-14(21-15)4-2-3-9-19/h5-8,10,19H,3,9,11H2,1H3,(H,18,20). The van der Waals surface area contributed by atoms with Gasteiger partial charge in [0, 0.05) is 23.2 Å². The molecule has 0 fully saturated rings. The van der Waals surface area contributed by atoms with E-state index in [1.54, 1.807) is 12.3 Å². The third kappa shape index (κ3) is 4.71. The Hall–Kier alpha value is -2.16. The molecule has 21 heavy (non-hydrogen) atoms. The molecule has 2 aromatic heterocycles. The van der Waals surface area contributed by atoms with Gasteiger partial charge in [-0.2, -0.15) is 0 Å². The molecule has 0 atom stereocenters. The lowest BCUT2D eigenvalue weighted by Crippen LogP contribution is -2.22. The lowest BCUT2D eigenvalue weighted by molar-refractivity contribution is 0.0951. The number of nitrogens with zero attached hydrogens (tertiary/aromatic N) is 1. The van der Waals surface area contributed by atoms with E-state index in [4.69, 9.17) is 5.11 Å². The molecule has 0 aliphatic rings. The van der Waals surface area contributed by atoms with Crippen LogP contribution in [0, 0.1) is 18.8 Å². The fourth-order valence-corrected chi connectivity index (χ4v) is 2.44. The van der Waals surface area contributed by atoms with Crippen LogP contribution in [0.25, 0.3) is 0 Å². The molecule has 108 valence electrons. The molecule has 0 aliphatic heterocycles. The first-order valence-corrected chi connectivity index (χ1v) is 7.40. The number of aryl methyl sites for hydroxylation is 1. The quantitative estimate of drug-likeness (QED) is 0.850. The van der Waals surface area contributed by atoms with Gasteiger partial charge in [0.15, 0.2) is 0 Å². The maximum absolute atomic E-state index is 11.9. The number of aliphatic hydroxyl groups is 1. The summed E-state index contributed by atoms with van der Waals surface area (Å²) in [6.45, 7) is 2.43. The van der Waals surface area contributed by atoms with Crippen LogP contribution in [0.15, 0.2) is 30.5 Å². The van der Waals surface area contributed by atoms with E-state index in [0.29, 0.717) is 18.5 Å². The van der Waals surface area contributed by atoms with Crippen molar-refractivity contribution in [2.45, 2.75) is 19.9 Å². The zero-order valence-electron chi connectivity index (χ0n) is 11.7. The summed E-state index contributed by atoms with van der Waals surface area (Å²) in [5.41, 5.74) is 1.44. The maximum Gasteiger partial charge on any atom is 0.253 e. The Bertz CT molecular complexity index is 666. The molecule has 0 spiro atoms. The first-order valence-electron chi connectivity index (χ1n) is 6.58. The van der Waals surface area contributed by atoms with Crippen molar-refractivity contribution in [3.05, 3.63) is 51.5 Å². The van der Waals surface area contributed by atoms with Crippen LogP contribution in [0.3, 0.4) is 0 Å². The molecule has 5 heteroatoms. The lowest BCUT2D eigenvalue weighted by Gasteiger charge is -2.03. The number of aromatic nitrogens is 1. The number of nitrogens with one attached hydrogen (secondary N) is 1. The number of carbonyl (C=O) groups excluding carboxylic acids is 1. The monoisotopic (exact) mass is 300 g/mol. The summed E-state index contributed by atoms with van der Waals surface area (Å²) in [6, 6.07) is 7.44. The van der Waals surface area contributed by atoms with Crippen LogP contribution in [-0.4, -0.2) is 22.6 Å². The van der Waals surface area contributed by atoms with E-state index in [2.05, 4.69) is 22.1 Å². The molecule has 1 amide bonds. The molecule has 0 radical (unpaired) electrons. The molecule has 0 saturated heterocycles. The third-order valence-electron chi connectivity index (χ3n) is 2.71. The SMILES string of the molecule is Cc1ccc(C(=O)NCc2ccc(C#CCCO)s2)cn1. The summed E-state index contributed by atoms with van der Waals surface area (Å²) >= 11 is 1.54. The Morgan fingerprint density at radius 2 is 2.24 bits per heavy atom. The predicted molar refractivity (Wildman–Crippen MR) is 83.0 cm³/mol. The molecule has 0 unspecified atom stereocenters. The second-order valence-electron chi connectivity index (χ2n) is 4.41. The largest absolute Gasteiger partial charge is 0.395 e. The number of rotatable bonds is 4. The summed E-state index contributed by atoms with van der Waals surface area (Å²) in [4.78, 5) is 18.0. The Kier molecular flexibility index (Phi) is 5.50. The van der Waals surface area contributed by atoms with E-state index in [1.807, 2.05) is 25.1 Å². The van der Waals surface area contributed by atoms with Gasteiger partial charge >= 0.3 is 0 Å². The van der Waals surface area contributed by atoms with Crippen LogP contribution in [-0.2, 0) is 6.54 Å². The smallest absolute Gasteiger partial charge is 0.253 e. The maximum atomic E-state index is 11.9. The number of hydrogen-bond donors (Lipinski definition) is 2. The molecular weight excluding hydrogens is 284 g/mol.